The van der Waals surface area contributed by atoms with Crippen molar-refractivity contribution in [3.63, 3.8) is 0 Å². The molecule has 0 fully saturated rings. The van der Waals surface area contributed by atoms with Gasteiger partial charge in [0.25, 0.3) is 5.91 Å². The van der Waals surface area contributed by atoms with Gasteiger partial charge in [-0.1, -0.05) is 42.5 Å². The normalized spacial score (nSPS) is 11.7. The Balaban J connectivity index is 1.74. The number of carbonyl (C=O) groups is 1. The first kappa shape index (κ1) is 16.6. The molecule has 3 aromatic rings. The quantitative estimate of drug-likeness (QED) is 0.664. The second-order valence-corrected chi connectivity index (χ2v) is 5.50. The summed E-state index contributed by atoms with van der Waals surface area (Å²) >= 11 is 0. The van der Waals surface area contributed by atoms with Crippen molar-refractivity contribution in [3.8, 4) is 11.3 Å². The minimum Gasteiger partial charge on any atom is -0.394 e. The van der Waals surface area contributed by atoms with E-state index in [4.69, 9.17) is 5.73 Å². The molecule has 2 aromatic carbocycles. The van der Waals surface area contributed by atoms with Crippen molar-refractivity contribution >= 4 is 11.9 Å². The summed E-state index contributed by atoms with van der Waals surface area (Å²) < 4.78 is 0. The van der Waals surface area contributed by atoms with Gasteiger partial charge in [-0.25, -0.2) is 9.97 Å². The monoisotopic (exact) mass is 334 g/mol. The number of rotatable bonds is 5. The Kier molecular flexibility index (Phi) is 5.01. The van der Waals surface area contributed by atoms with E-state index in [2.05, 4.69) is 15.3 Å². The minimum absolute atomic E-state index is 0.173. The van der Waals surface area contributed by atoms with Gasteiger partial charge in [0.1, 0.15) is 0 Å². The maximum Gasteiger partial charge on any atom is 0.251 e. The van der Waals surface area contributed by atoms with Crippen molar-refractivity contribution in [3.05, 3.63) is 78.0 Å². The van der Waals surface area contributed by atoms with Crippen molar-refractivity contribution in [2.24, 2.45) is 0 Å². The van der Waals surface area contributed by atoms with E-state index in [-0.39, 0.29) is 18.5 Å². The van der Waals surface area contributed by atoms with E-state index in [1.807, 2.05) is 30.3 Å². The van der Waals surface area contributed by atoms with E-state index in [1.165, 1.54) is 0 Å². The van der Waals surface area contributed by atoms with Gasteiger partial charge in [-0.15, -0.1) is 0 Å². The lowest BCUT2D eigenvalue weighted by Gasteiger charge is -2.16. The van der Waals surface area contributed by atoms with Gasteiger partial charge in [-0.3, -0.25) is 4.79 Å². The summed E-state index contributed by atoms with van der Waals surface area (Å²) in [6.45, 7) is -0.173. The van der Waals surface area contributed by atoms with Gasteiger partial charge >= 0.3 is 0 Å². The molecule has 126 valence electrons. The highest BCUT2D eigenvalue weighted by Crippen LogP contribution is 2.18. The van der Waals surface area contributed by atoms with Gasteiger partial charge in [-0.05, 0) is 23.8 Å². The Morgan fingerprint density at radius 1 is 1.08 bits per heavy atom. The molecule has 0 saturated heterocycles. The first-order chi connectivity index (χ1) is 12.2. The predicted molar refractivity (Wildman–Crippen MR) is 95.6 cm³/mol. The van der Waals surface area contributed by atoms with Gasteiger partial charge in [0.15, 0.2) is 0 Å². The lowest BCUT2D eigenvalue weighted by Crippen LogP contribution is -2.30. The van der Waals surface area contributed by atoms with Crippen LogP contribution in [0.5, 0.6) is 0 Å². The first-order valence-electron chi connectivity index (χ1n) is 7.83. The molecule has 25 heavy (non-hydrogen) atoms. The third kappa shape index (κ3) is 3.99. The number of aromatic nitrogens is 2. The zero-order valence-corrected chi connectivity index (χ0v) is 13.5. The number of aliphatic hydroxyl groups excluding tert-OH is 1. The van der Waals surface area contributed by atoms with Crippen molar-refractivity contribution in [1.29, 1.82) is 0 Å². The molecular formula is C19H18N4O2. The molecule has 1 amide bonds. The number of nitrogens with two attached hydrogens (primary N) is 1. The Morgan fingerprint density at radius 3 is 2.44 bits per heavy atom. The van der Waals surface area contributed by atoms with Crippen LogP contribution >= 0.6 is 0 Å². The average molecular weight is 334 g/mol. The van der Waals surface area contributed by atoms with Crippen molar-refractivity contribution in [2.45, 2.75) is 6.04 Å². The van der Waals surface area contributed by atoms with E-state index in [0.717, 1.165) is 11.1 Å². The molecule has 0 saturated carbocycles. The molecular weight excluding hydrogens is 316 g/mol. The molecule has 3 rings (SSSR count). The molecule has 0 aliphatic rings. The van der Waals surface area contributed by atoms with Crippen molar-refractivity contribution in [2.75, 3.05) is 12.3 Å². The van der Waals surface area contributed by atoms with Crippen LogP contribution in [0.2, 0.25) is 0 Å². The van der Waals surface area contributed by atoms with Crippen molar-refractivity contribution < 1.29 is 9.90 Å². The molecule has 1 atom stereocenters. The van der Waals surface area contributed by atoms with Crippen LogP contribution < -0.4 is 11.1 Å². The fourth-order valence-corrected chi connectivity index (χ4v) is 2.49. The lowest BCUT2D eigenvalue weighted by atomic mass is 10.1. The van der Waals surface area contributed by atoms with Crippen LogP contribution in [0.1, 0.15) is 22.0 Å². The zero-order chi connectivity index (χ0) is 17.6. The third-order valence-electron chi connectivity index (χ3n) is 3.81. The van der Waals surface area contributed by atoms with Gasteiger partial charge < -0.3 is 16.2 Å². The fourth-order valence-electron chi connectivity index (χ4n) is 2.49. The van der Waals surface area contributed by atoms with Crippen LogP contribution in [0.3, 0.4) is 0 Å². The number of benzene rings is 2. The topological polar surface area (TPSA) is 101 Å². The van der Waals surface area contributed by atoms with Crippen molar-refractivity contribution in [1.82, 2.24) is 15.3 Å². The van der Waals surface area contributed by atoms with Gasteiger partial charge in [-0.2, -0.15) is 0 Å². The molecule has 1 heterocycles. The summed E-state index contributed by atoms with van der Waals surface area (Å²) in [7, 11) is 0. The molecule has 0 aliphatic heterocycles. The summed E-state index contributed by atoms with van der Waals surface area (Å²) in [5.74, 6) is -0.0513. The summed E-state index contributed by atoms with van der Waals surface area (Å²) in [6, 6.07) is 17.7. The molecule has 4 N–H and O–H groups in total. The molecule has 1 aromatic heterocycles. The fraction of sp³-hybridized carbons (Fsp3) is 0.105. The van der Waals surface area contributed by atoms with Gasteiger partial charge in [0, 0.05) is 17.3 Å². The molecule has 6 nitrogen and oxygen atoms in total. The van der Waals surface area contributed by atoms with Crippen LogP contribution in [-0.2, 0) is 0 Å². The van der Waals surface area contributed by atoms with Crippen LogP contribution in [-0.4, -0.2) is 27.6 Å². The Labute approximate surface area is 145 Å². The Morgan fingerprint density at radius 2 is 1.80 bits per heavy atom. The summed E-state index contributed by atoms with van der Waals surface area (Å²) in [6.07, 6.45) is 1.59. The SMILES string of the molecule is Nc1nccc(-c2ccc(C(=O)N[C@H](CO)c3ccccc3)cc2)n1. The van der Waals surface area contributed by atoms with Crippen LogP contribution in [0.25, 0.3) is 11.3 Å². The van der Waals surface area contributed by atoms with E-state index in [0.29, 0.717) is 11.3 Å². The van der Waals surface area contributed by atoms with E-state index < -0.39 is 6.04 Å². The number of nitrogens with zero attached hydrogens (tertiary/aromatic N) is 2. The largest absolute Gasteiger partial charge is 0.394 e. The molecule has 0 radical (unpaired) electrons. The van der Waals surface area contributed by atoms with E-state index >= 15 is 0 Å². The minimum atomic E-state index is -0.449. The summed E-state index contributed by atoms with van der Waals surface area (Å²) in [5, 5.41) is 12.4. The highest BCUT2D eigenvalue weighted by Gasteiger charge is 2.14. The second kappa shape index (κ2) is 7.55. The number of amides is 1. The Hall–Kier alpha value is -3.25. The second-order valence-electron chi connectivity index (χ2n) is 5.50. The molecule has 6 heteroatoms. The average Bonchev–Trinajstić information content (AvgIpc) is 2.67. The molecule has 0 bridgehead atoms. The number of anilines is 1. The number of carbonyl (C=O) groups excluding carboxylic acids is 1. The number of hydrogen-bond acceptors (Lipinski definition) is 5. The Bertz CT molecular complexity index is 851. The standard InChI is InChI=1S/C19H18N4O2/c20-19-21-11-10-16(23-19)14-6-8-15(9-7-14)18(25)22-17(12-24)13-4-2-1-3-5-13/h1-11,17,24H,12H2,(H,22,25)(H2,20,21,23)/t17-/m1/s1. The molecule has 0 unspecified atom stereocenters. The summed E-state index contributed by atoms with van der Waals surface area (Å²) in [5.41, 5.74) is 8.47. The lowest BCUT2D eigenvalue weighted by molar-refractivity contribution is 0.0916. The van der Waals surface area contributed by atoms with Gasteiger partial charge in [0.2, 0.25) is 5.95 Å². The number of aliphatic hydroxyl groups is 1. The molecule has 0 spiro atoms. The van der Waals surface area contributed by atoms with Gasteiger partial charge in [0.05, 0.1) is 18.3 Å². The number of nitrogens with one attached hydrogen (secondary N) is 1. The molecule has 0 aliphatic carbocycles. The third-order valence-corrected chi connectivity index (χ3v) is 3.81. The van der Waals surface area contributed by atoms with Crippen LogP contribution in [0.15, 0.2) is 66.9 Å². The maximum atomic E-state index is 12.4. The summed E-state index contributed by atoms with van der Waals surface area (Å²) in [4.78, 5) is 20.4. The first-order valence-corrected chi connectivity index (χ1v) is 7.83. The smallest absolute Gasteiger partial charge is 0.251 e. The highest BCUT2D eigenvalue weighted by molar-refractivity contribution is 5.94. The van der Waals surface area contributed by atoms with E-state index in [1.54, 1.807) is 36.5 Å². The van der Waals surface area contributed by atoms with Crippen LogP contribution in [0.4, 0.5) is 5.95 Å². The van der Waals surface area contributed by atoms with E-state index in [9.17, 15) is 9.90 Å². The number of hydrogen-bond donors (Lipinski definition) is 3. The van der Waals surface area contributed by atoms with Crippen LogP contribution in [0, 0.1) is 0 Å². The predicted octanol–water partition coefficient (Wildman–Crippen LogP) is 2.19. The highest BCUT2D eigenvalue weighted by atomic mass is 16.3. The maximum absolute atomic E-state index is 12.4. The number of nitrogen functional groups attached to an aromatic ring is 1. The zero-order valence-electron chi connectivity index (χ0n) is 13.5.